The van der Waals surface area contributed by atoms with Gasteiger partial charge in [0.2, 0.25) is 0 Å². The molecule has 0 aliphatic rings. The van der Waals surface area contributed by atoms with Gasteiger partial charge in [-0.05, 0) is 0 Å². The Balaban J connectivity index is -0.0000000200. The molecule has 0 aromatic heterocycles. The van der Waals surface area contributed by atoms with Crippen LogP contribution >= 0.6 is 0 Å². The molecule has 0 heterocycles. The Morgan fingerprint density at radius 1 is 1.60 bits per heavy atom. The quantitative estimate of drug-likeness (QED) is 0.363. The first-order valence-electron chi connectivity index (χ1n) is 0.724. The summed E-state index contributed by atoms with van der Waals surface area (Å²) in [6.07, 6.45) is 0. The number of rotatable bonds is 0. The number of nitrogens with zero attached hydrogens (tertiary/aromatic N) is 1. The van der Waals surface area contributed by atoms with Gasteiger partial charge in [0.15, 0.2) is 0 Å². The molecule has 0 saturated heterocycles. The van der Waals surface area contributed by atoms with Gasteiger partial charge in [-0.15, -0.1) is 0 Å². The molecule has 0 fully saturated rings. The molecule has 0 unspecified atom stereocenters. The SMILES string of the molecule is CC#N.[Li].[Mg]. The van der Waals surface area contributed by atoms with E-state index in [1.54, 1.807) is 6.07 Å². The van der Waals surface area contributed by atoms with Gasteiger partial charge in [0.1, 0.15) is 0 Å². The van der Waals surface area contributed by atoms with Crippen LogP contribution in [0.2, 0.25) is 0 Å². The summed E-state index contributed by atoms with van der Waals surface area (Å²) in [4.78, 5) is 0. The van der Waals surface area contributed by atoms with Gasteiger partial charge in [-0.25, -0.2) is 0 Å². The molecule has 3 heteroatoms. The molecule has 0 amide bonds. The Morgan fingerprint density at radius 2 is 1.60 bits per heavy atom. The van der Waals surface area contributed by atoms with Gasteiger partial charge < -0.3 is 0 Å². The molecular formula is C2H3LiMgN. The van der Waals surface area contributed by atoms with E-state index < -0.39 is 0 Å². The molecular weight excluding hydrogens is 69.3 g/mol. The maximum atomic E-state index is 7.32. The fourth-order valence-corrected chi connectivity index (χ4v) is 0. The standard InChI is InChI=1S/C2H3N.Li.Mg/c1-2-3;;/h1H3;;. The smallest absolute Gasteiger partial charge is 0.0587 e. The second kappa shape index (κ2) is 21.0. The maximum absolute atomic E-state index is 7.32. The first-order chi connectivity index (χ1) is 1.41. The van der Waals surface area contributed by atoms with Gasteiger partial charge in [0.25, 0.3) is 0 Å². The molecule has 0 saturated carbocycles. The van der Waals surface area contributed by atoms with Crippen molar-refractivity contribution in [2.45, 2.75) is 6.92 Å². The Hall–Kier alpha value is 0.854. The van der Waals surface area contributed by atoms with Crippen molar-refractivity contribution in [3.8, 4) is 6.07 Å². The Bertz CT molecular complexity index is 31.1. The van der Waals surface area contributed by atoms with E-state index >= 15 is 0 Å². The molecule has 19 valence electrons. The number of nitriles is 1. The van der Waals surface area contributed by atoms with E-state index in [4.69, 9.17) is 5.26 Å². The zero-order valence-corrected chi connectivity index (χ0v) is 5.07. The average Bonchev–Trinajstić information content (AvgIpc) is 0.918. The van der Waals surface area contributed by atoms with Crippen LogP contribution in [0.15, 0.2) is 0 Å². The third-order valence-electron chi connectivity index (χ3n) is 0. The summed E-state index contributed by atoms with van der Waals surface area (Å²) >= 11 is 0. The van der Waals surface area contributed by atoms with Crippen molar-refractivity contribution < 1.29 is 0 Å². The number of hydrogen-bond acceptors (Lipinski definition) is 1. The summed E-state index contributed by atoms with van der Waals surface area (Å²) in [5.41, 5.74) is 0. The van der Waals surface area contributed by atoms with Crippen LogP contribution in [-0.4, -0.2) is 41.9 Å². The molecule has 0 aromatic carbocycles. The summed E-state index contributed by atoms with van der Waals surface area (Å²) in [5.74, 6) is 0. The first-order valence-corrected chi connectivity index (χ1v) is 0.724. The third-order valence-corrected chi connectivity index (χ3v) is 0. The Morgan fingerprint density at radius 3 is 1.60 bits per heavy atom. The van der Waals surface area contributed by atoms with Gasteiger partial charge in [0, 0.05) is 48.8 Å². The molecule has 1 nitrogen and oxygen atoms in total. The molecule has 0 bridgehead atoms. The summed E-state index contributed by atoms with van der Waals surface area (Å²) < 4.78 is 0. The normalized spacial score (nSPS) is 1.60. The van der Waals surface area contributed by atoms with Gasteiger partial charge in [-0.3, -0.25) is 0 Å². The van der Waals surface area contributed by atoms with Gasteiger partial charge in [0.05, 0.1) is 6.07 Å². The van der Waals surface area contributed by atoms with Crippen molar-refractivity contribution >= 4 is 41.9 Å². The van der Waals surface area contributed by atoms with Crippen LogP contribution in [0.4, 0.5) is 0 Å². The molecule has 0 rings (SSSR count). The molecule has 0 aliphatic carbocycles. The largest absolute Gasteiger partial charge is 0.199 e. The van der Waals surface area contributed by atoms with Gasteiger partial charge >= 0.3 is 0 Å². The summed E-state index contributed by atoms with van der Waals surface area (Å²) in [6.45, 7) is 1.43. The Kier molecular flexibility index (Phi) is 71.0. The van der Waals surface area contributed by atoms with Crippen LogP contribution < -0.4 is 0 Å². The van der Waals surface area contributed by atoms with Crippen LogP contribution in [0, 0.1) is 11.3 Å². The molecule has 0 N–H and O–H groups in total. The molecule has 0 spiro atoms. The molecule has 3 radical (unpaired) electrons. The van der Waals surface area contributed by atoms with Crippen LogP contribution in [0.3, 0.4) is 0 Å². The second-order valence-electron chi connectivity index (χ2n) is 0.224. The minimum absolute atomic E-state index is 0. The predicted octanol–water partition coefficient (Wildman–Crippen LogP) is -0.232. The van der Waals surface area contributed by atoms with Crippen molar-refractivity contribution in [1.82, 2.24) is 0 Å². The van der Waals surface area contributed by atoms with E-state index in [-0.39, 0.29) is 41.9 Å². The van der Waals surface area contributed by atoms with E-state index in [0.717, 1.165) is 0 Å². The Labute approximate surface area is 60.1 Å². The van der Waals surface area contributed by atoms with Crippen LogP contribution in [-0.2, 0) is 0 Å². The van der Waals surface area contributed by atoms with Crippen molar-refractivity contribution in [3.63, 3.8) is 0 Å². The van der Waals surface area contributed by atoms with Crippen molar-refractivity contribution in [2.24, 2.45) is 0 Å². The topological polar surface area (TPSA) is 23.8 Å². The zero-order valence-electron chi connectivity index (χ0n) is 3.65. The minimum Gasteiger partial charge on any atom is -0.199 e. The second-order valence-corrected chi connectivity index (χ2v) is 0.224. The molecule has 0 aromatic rings. The molecule has 5 heavy (non-hydrogen) atoms. The van der Waals surface area contributed by atoms with Crippen LogP contribution in [0.5, 0.6) is 0 Å². The monoisotopic (exact) mass is 72.0 g/mol. The van der Waals surface area contributed by atoms with Crippen molar-refractivity contribution in [3.05, 3.63) is 0 Å². The fraction of sp³-hybridized carbons (Fsp3) is 0.500. The molecule has 0 aliphatic heterocycles. The van der Waals surface area contributed by atoms with E-state index in [0.29, 0.717) is 0 Å². The minimum atomic E-state index is 0. The maximum Gasteiger partial charge on any atom is 0.0587 e. The zero-order chi connectivity index (χ0) is 2.71. The van der Waals surface area contributed by atoms with Gasteiger partial charge in [-0.2, -0.15) is 5.26 Å². The first kappa shape index (κ1) is 16.9. The third kappa shape index (κ3) is 54.2. The number of hydrogen-bond donors (Lipinski definition) is 0. The van der Waals surface area contributed by atoms with E-state index in [2.05, 4.69) is 0 Å². The fourth-order valence-electron chi connectivity index (χ4n) is 0. The van der Waals surface area contributed by atoms with E-state index in [1.165, 1.54) is 6.92 Å². The molecule has 0 atom stereocenters. The van der Waals surface area contributed by atoms with Crippen molar-refractivity contribution in [2.75, 3.05) is 0 Å². The van der Waals surface area contributed by atoms with E-state index in [1.807, 2.05) is 0 Å². The van der Waals surface area contributed by atoms with E-state index in [9.17, 15) is 0 Å². The summed E-state index contributed by atoms with van der Waals surface area (Å²) in [5, 5.41) is 7.32. The predicted molar refractivity (Wildman–Crippen MR) is 22.8 cm³/mol. The van der Waals surface area contributed by atoms with Crippen LogP contribution in [0.1, 0.15) is 6.92 Å². The van der Waals surface area contributed by atoms with Gasteiger partial charge in [-0.1, -0.05) is 0 Å². The summed E-state index contributed by atoms with van der Waals surface area (Å²) in [7, 11) is 0. The summed E-state index contributed by atoms with van der Waals surface area (Å²) in [6, 6.07) is 1.75. The van der Waals surface area contributed by atoms with Crippen molar-refractivity contribution in [1.29, 1.82) is 5.26 Å². The van der Waals surface area contributed by atoms with Crippen LogP contribution in [0.25, 0.3) is 0 Å². The average molecular weight is 72.3 g/mol.